The second kappa shape index (κ2) is 56.4. The molecule has 15 heteroatoms. The van der Waals surface area contributed by atoms with E-state index in [0.717, 1.165) is 222 Å². The van der Waals surface area contributed by atoms with Crippen LogP contribution in [0.25, 0.3) is 50.1 Å². The minimum absolute atomic E-state index is 0.285. The summed E-state index contributed by atoms with van der Waals surface area (Å²) >= 11 is 0. The van der Waals surface area contributed by atoms with E-state index in [1.165, 1.54) is 77.0 Å². The summed E-state index contributed by atoms with van der Waals surface area (Å²) in [4.78, 5) is 53.2. The summed E-state index contributed by atoms with van der Waals surface area (Å²) in [5, 5.41) is 0. The van der Waals surface area contributed by atoms with E-state index in [4.69, 9.17) is 42.6 Å². The Morgan fingerprint density at radius 3 is 0.691 bits per heavy atom. The molecule has 3 aromatic heterocycles. The van der Waals surface area contributed by atoms with Crippen molar-refractivity contribution in [3.05, 3.63) is 254 Å². The molecule has 0 aliphatic carbocycles. The Morgan fingerprint density at radius 2 is 0.472 bits per heavy atom. The first-order chi connectivity index (χ1) is 60.3. The van der Waals surface area contributed by atoms with Gasteiger partial charge < -0.3 is 42.6 Å². The lowest BCUT2D eigenvalue weighted by atomic mass is 10.1. The third-order valence-corrected chi connectivity index (χ3v) is 22.4. The van der Waals surface area contributed by atoms with E-state index in [2.05, 4.69) is 98.8 Å². The quantitative estimate of drug-likeness (QED) is 0.0116. The van der Waals surface area contributed by atoms with Crippen LogP contribution in [0.2, 0.25) is 0 Å². The molecule has 0 bridgehead atoms. The number of hydrogen-bond acceptors (Lipinski definition) is 15. The van der Waals surface area contributed by atoms with Crippen LogP contribution >= 0.6 is 0 Å². The van der Waals surface area contributed by atoms with Crippen LogP contribution in [0.1, 0.15) is 280 Å². The van der Waals surface area contributed by atoms with Gasteiger partial charge in [0.05, 0.1) is 56.4 Å². The van der Waals surface area contributed by atoms with Crippen molar-refractivity contribution in [1.82, 2.24) is 15.0 Å². The van der Waals surface area contributed by atoms with Gasteiger partial charge in [0.15, 0.2) is 0 Å². The Labute approximate surface area is 735 Å². The lowest BCUT2D eigenvalue weighted by molar-refractivity contribution is -0.382. The Kier molecular flexibility index (Phi) is 44.3. The Hall–Kier alpha value is -10.3. The zero-order chi connectivity index (χ0) is 86.6. The molecule has 123 heavy (non-hydrogen) atoms. The maximum absolute atomic E-state index is 13.1. The third kappa shape index (κ3) is 35.8. The monoisotopic (exact) mass is 1670 g/mol. The van der Waals surface area contributed by atoms with Gasteiger partial charge in [-0.2, -0.15) is 0 Å². The van der Waals surface area contributed by atoms with Crippen LogP contribution in [0, 0.1) is 0 Å². The summed E-state index contributed by atoms with van der Waals surface area (Å²) < 4.78 is 55.1. The number of nitrogens with zero attached hydrogens (tertiary/aromatic N) is 3. The van der Waals surface area contributed by atoms with Crippen molar-refractivity contribution in [3.8, 4) is 67.9 Å². The van der Waals surface area contributed by atoms with Gasteiger partial charge in [-0.15, -0.1) is 0 Å². The van der Waals surface area contributed by atoms with Gasteiger partial charge in [0.2, 0.25) is 0 Å². The topological polar surface area (TPSA) is 173 Å². The van der Waals surface area contributed by atoms with Crippen molar-refractivity contribution < 1.29 is 57.0 Å². The third-order valence-electron chi connectivity index (χ3n) is 22.4. The minimum Gasteiger partial charge on any atom is -0.494 e. The number of esters is 3. The lowest BCUT2D eigenvalue weighted by Gasteiger charge is -2.32. The molecule has 0 amide bonds. The molecule has 6 aromatic carbocycles. The van der Waals surface area contributed by atoms with Crippen molar-refractivity contribution in [2.75, 3.05) is 39.6 Å². The number of carbonyl (C=O) groups excluding carboxylic acids is 3. The Morgan fingerprint density at radius 1 is 0.252 bits per heavy atom. The molecule has 15 nitrogen and oxygen atoms in total. The average Bonchev–Trinajstić information content (AvgIpc) is 0.854. The summed E-state index contributed by atoms with van der Waals surface area (Å²) in [7, 11) is 0. The normalized spacial score (nSPS) is 11.3. The summed E-state index contributed by atoms with van der Waals surface area (Å²) in [6.07, 6.45) is 46.5. The Bertz CT molecular complexity index is 4030. The molecule has 0 unspecified atom stereocenters. The number of hydrogen-bond donors (Lipinski definition) is 0. The fourth-order valence-corrected chi connectivity index (χ4v) is 14.6. The van der Waals surface area contributed by atoms with E-state index in [-0.39, 0.29) is 16.7 Å². The average molecular weight is 1670 g/mol. The van der Waals surface area contributed by atoms with E-state index in [9.17, 15) is 14.4 Å². The predicted molar refractivity (Wildman–Crippen MR) is 500 cm³/mol. The molecule has 0 atom stereocenters. The van der Waals surface area contributed by atoms with Crippen LogP contribution in [0.5, 0.6) is 34.5 Å². The molecular weight excluding hydrogens is 1530 g/mol. The standard InChI is InChI=1S/C108H137N3O12/c1-8-12-33-42-96-60-45-93(81-109-96)90-54-69-102(70-55-90)121-105(112)84(5)87-48-63-99(64-49-87)115-75-36-27-21-15-18-24-30-39-78-118-108(11-4,119-79-40-31-25-19-16-22-28-37-76-116-100-65-50-88(51-66-100)85(6)106(113)122-103-71-56-91(57-72-103)94-46-61-97(110-82-94)43-34-13-9-2)120-80-41-32-26-20-17-23-29-38-77-117-101-67-52-89(53-68-101)86(7)107(114)123-104-73-58-92(59-74-104)95-47-62-98(111-83-95)44-35-14-10-3/h45-74,81-83H,5-44,75-80H2,1-4H3. The second-order valence-corrected chi connectivity index (χ2v) is 32.3. The highest BCUT2D eigenvalue weighted by Crippen LogP contribution is 2.32. The van der Waals surface area contributed by atoms with Gasteiger partial charge in [0.1, 0.15) is 34.5 Å². The van der Waals surface area contributed by atoms with Gasteiger partial charge in [-0.3, -0.25) is 15.0 Å². The van der Waals surface area contributed by atoms with Gasteiger partial charge in [-0.25, -0.2) is 14.4 Å². The highest BCUT2D eigenvalue weighted by molar-refractivity contribution is 6.17. The molecule has 9 rings (SSSR count). The van der Waals surface area contributed by atoms with E-state index in [1.807, 2.05) is 128 Å². The molecule has 0 N–H and O–H groups in total. The molecule has 0 radical (unpaired) electrons. The Balaban J connectivity index is 0.611. The van der Waals surface area contributed by atoms with Crippen LogP contribution in [0.4, 0.5) is 0 Å². The van der Waals surface area contributed by atoms with Crippen LogP contribution in [0.15, 0.2) is 220 Å². The smallest absolute Gasteiger partial charge is 0.343 e. The number of ether oxygens (including phenoxy) is 9. The largest absolute Gasteiger partial charge is 0.494 e. The highest BCUT2D eigenvalue weighted by atomic mass is 16.9. The summed E-state index contributed by atoms with van der Waals surface area (Å²) in [5.74, 6) is 1.16. The number of carbonyl (C=O) groups is 3. The second-order valence-electron chi connectivity index (χ2n) is 32.3. The molecule has 0 fully saturated rings. The van der Waals surface area contributed by atoms with Gasteiger partial charge >= 0.3 is 17.9 Å². The zero-order valence-corrected chi connectivity index (χ0v) is 74.3. The van der Waals surface area contributed by atoms with Crippen molar-refractivity contribution in [3.63, 3.8) is 0 Å². The van der Waals surface area contributed by atoms with Gasteiger partial charge in [-0.1, -0.05) is 293 Å². The van der Waals surface area contributed by atoms with Crippen molar-refractivity contribution in [2.45, 2.75) is 271 Å². The van der Waals surface area contributed by atoms with Crippen LogP contribution in [0.3, 0.4) is 0 Å². The minimum atomic E-state index is -1.04. The fraction of sp³-hybridized carbons (Fsp3) is 0.444. The number of rotatable bonds is 64. The SMILES string of the molecule is C=C(C(=O)Oc1ccc(-c2ccc(CCCCC)nc2)cc1)c1ccc(OCCCCCCCCCCOC(CC)(OCCCCCCCCCCOc2ccc(C(=C)C(=O)Oc3ccc(-c4ccc(CCCCC)nc4)cc3)cc2)OCCCCCCCCCCOc2ccc(C(=C)C(=O)Oc3ccc(-c4ccc(CCCCC)nc4)cc3)cc2)cc1. The first-order valence-corrected chi connectivity index (χ1v) is 46.3. The first kappa shape index (κ1) is 96.5. The molecule has 0 saturated heterocycles. The predicted octanol–water partition coefficient (Wildman–Crippen LogP) is 27.9. The van der Waals surface area contributed by atoms with E-state index in [1.54, 1.807) is 36.4 Å². The zero-order valence-electron chi connectivity index (χ0n) is 74.3. The van der Waals surface area contributed by atoms with Crippen LogP contribution < -0.4 is 28.4 Å². The maximum atomic E-state index is 13.1. The number of pyridine rings is 3. The number of benzene rings is 6. The van der Waals surface area contributed by atoms with Gasteiger partial charge in [0, 0.05) is 58.8 Å². The van der Waals surface area contributed by atoms with E-state index in [0.29, 0.717) is 80.0 Å². The molecule has 9 aromatic rings. The molecule has 3 heterocycles. The maximum Gasteiger partial charge on any atom is 0.343 e. The molecular formula is C108H137N3O12. The fourth-order valence-electron chi connectivity index (χ4n) is 14.6. The van der Waals surface area contributed by atoms with Crippen molar-refractivity contribution in [1.29, 1.82) is 0 Å². The number of aryl methyl sites for hydroxylation is 3. The van der Waals surface area contributed by atoms with E-state index < -0.39 is 23.9 Å². The molecule has 0 aliphatic rings. The van der Waals surface area contributed by atoms with E-state index >= 15 is 0 Å². The summed E-state index contributed by atoms with van der Waals surface area (Å²) in [6, 6.07) is 57.5. The van der Waals surface area contributed by atoms with Gasteiger partial charge in [-0.05, 0) is 201 Å². The van der Waals surface area contributed by atoms with Gasteiger partial charge in [0.25, 0.3) is 5.97 Å². The molecule has 0 aliphatic heterocycles. The van der Waals surface area contributed by atoms with Crippen LogP contribution in [-0.2, 0) is 47.9 Å². The summed E-state index contributed by atoms with van der Waals surface area (Å²) in [6.45, 7) is 24.5. The molecule has 656 valence electrons. The first-order valence-electron chi connectivity index (χ1n) is 46.3. The van der Waals surface area contributed by atoms with Crippen LogP contribution in [-0.4, -0.2) is 78.5 Å². The van der Waals surface area contributed by atoms with Crippen molar-refractivity contribution >= 4 is 34.6 Å². The molecule has 0 saturated carbocycles. The molecule has 0 spiro atoms. The number of unbranched alkanes of at least 4 members (excludes halogenated alkanes) is 27. The number of aromatic nitrogens is 3. The summed E-state index contributed by atoms with van der Waals surface area (Å²) in [5.41, 5.74) is 12.3. The highest BCUT2D eigenvalue weighted by Gasteiger charge is 2.31. The lowest BCUT2D eigenvalue weighted by Crippen LogP contribution is -2.39. The van der Waals surface area contributed by atoms with Crippen molar-refractivity contribution in [2.24, 2.45) is 0 Å².